The van der Waals surface area contributed by atoms with Crippen molar-refractivity contribution in [1.82, 2.24) is 0 Å². The Labute approximate surface area is 107 Å². The van der Waals surface area contributed by atoms with Gasteiger partial charge in [0.05, 0.1) is 18.8 Å². The van der Waals surface area contributed by atoms with E-state index in [4.69, 9.17) is 9.47 Å². The van der Waals surface area contributed by atoms with Gasteiger partial charge >= 0.3 is 0 Å². The summed E-state index contributed by atoms with van der Waals surface area (Å²) in [6.07, 6.45) is 4.26. The van der Waals surface area contributed by atoms with Gasteiger partial charge in [0.2, 0.25) is 0 Å². The predicted octanol–water partition coefficient (Wildman–Crippen LogP) is 3.64. The molecule has 2 rings (SSSR count). The molecule has 2 nitrogen and oxygen atoms in total. The highest BCUT2D eigenvalue weighted by atomic mass is 19.1. The number of hydrogen-bond acceptors (Lipinski definition) is 2. The number of hydrogen-bond donors (Lipinski definition) is 0. The molecule has 98 valence electrons. The third-order valence-corrected chi connectivity index (χ3v) is 3.16. The van der Waals surface area contributed by atoms with Crippen molar-refractivity contribution >= 4 is 0 Å². The number of rotatable bonds is 5. The monoisotopic (exact) mass is 250 g/mol. The Kier molecular flexibility index (Phi) is 4.90. The second-order valence-electron chi connectivity index (χ2n) is 4.48. The SMILES string of the molecule is C=CCCOC1CCOC(c2ccccc2F)C1. The van der Waals surface area contributed by atoms with Gasteiger partial charge in [-0.1, -0.05) is 24.3 Å². The van der Waals surface area contributed by atoms with E-state index < -0.39 is 0 Å². The molecule has 0 aromatic heterocycles. The van der Waals surface area contributed by atoms with Crippen LogP contribution in [0.4, 0.5) is 4.39 Å². The lowest BCUT2D eigenvalue weighted by molar-refractivity contribution is -0.0740. The molecule has 0 amide bonds. The fraction of sp³-hybridized carbons (Fsp3) is 0.467. The summed E-state index contributed by atoms with van der Waals surface area (Å²) in [4.78, 5) is 0. The van der Waals surface area contributed by atoms with Gasteiger partial charge in [0.25, 0.3) is 0 Å². The molecule has 1 aromatic carbocycles. The van der Waals surface area contributed by atoms with Crippen molar-refractivity contribution in [2.75, 3.05) is 13.2 Å². The molecule has 0 radical (unpaired) electrons. The molecule has 0 aliphatic carbocycles. The van der Waals surface area contributed by atoms with Gasteiger partial charge in [-0.3, -0.25) is 0 Å². The minimum Gasteiger partial charge on any atom is -0.378 e. The third-order valence-electron chi connectivity index (χ3n) is 3.16. The summed E-state index contributed by atoms with van der Waals surface area (Å²) < 4.78 is 25.1. The summed E-state index contributed by atoms with van der Waals surface area (Å²) in [5, 5.41) is 0. The summed E-state index contributed by atoms with van der Waals surface area (Å²) in [7, 11) is 0. The van der Waals surface area contributed by atoms with Crippen LogP contribution < -0.4 is 0 Å². The lowest BCUT2D eigenvalue weighted by atomic mass is 9.99. The van der Waals surface area contributed by atoms with Crippen molar-refractivity contribution in [2.24, 2.45) is 0 Å². The molecule has 3 heteroatoms. The molecule has 0 N–H and O–H groups in total. The Hall–Kier alpha value is -1.19. The van der Waals surface area contributed by atoms with E-state index in [1.807, 2.05) is 12.1 Å². The minimum atomic E-state index is -0.200. The molecule has 1 saturated heterocycles. The molecule has 1 aromatic rings. The van der Waals surface area contributed by atoms with Crippen molar-refractivity contribution in [3.63, 3.8) is 0 Å². The summed E-state index contributed by atoms with van der Waals surface area (Å²) in [5.74, 6) is -0.200. The Morgan fingerprint density at radius 3 is 3.06 bits per heavy atom. The Bertz CT molecular complexity index is 392. The quantitative estimate of drug-likeness (QED) is 0.586. The van der Waals surface area contributed by atoms with E-state index in [-0.39, 0.29) is 18.0 Å². The van der Waals surface area contributed by atoms with Crippen LogP contribution in [-0.2, 0) is 9.47 Å². The molecule has 18 heavy (non-hydrogen) atoms. The second kappa shape index (κ2) is 6.66. The maximum absolute atomic E-state index is 13.7. The Morgan fingerprint density at radius 2 is 2.28 bits per heavy atom. The third kappa shape index (κ3) is 3.40. The highest BCUT2D eigenvalue weighted by molar-refractivity contribution is 5.20. The summed E-state index contributed by atoms with van der Waals surface area (Å²) in [6.45, 7) is 4.96. The highest BCUT2D eigenvalue weighted by Gasteiger charge is 2.26. The zero-order valence-electron chi connectivity index (χ0n) is 10.5. The first kappa shape index (κ1) is 13.2. The number of benzene rings is 1. The highest BCUT2D eigenvalue weighted by Crippen LogP contribution is 2.30. The van der Waals surface area contributed by atoms with Gasteiger partial charge in [-0.05, 0) is 18.9 Å². The van der Waals surface area contributed by atoms with Crippen LogP contribution in [0.2, 0.25) is 0 Å². The van der Waals surface area contributed by atoms with Gasteiger partial charge in [-0.2, -0.15) is 0 Å². The predicted molar refractivity (Wildman–Crippen MR) is 68.9 cm³/mol. The van der Waals surface area contributed by atoms with E-state index >= 15 is 0 Å². The van der Waals surface area contributed by atoms with Crippen LogP contribution in [0.1, 0.15) is 30.9 Å². The van der Waals surface area contributed by atoms with E-state index in [0.717, 1.165) is 19.3 Å². The van der Waals surface area contributed by atoms with Gasteiger partial charge in [-0.15, -0.1) is 6.58 Å². The van der Waals surface area contributed by atoms with Crippen LogP contribution in [0.25, 0.3) is 0 Å². The topological polar surface area (TPSA) is 18.5 Å². The van der Waals surface area contributed by atoms with Crippen molar-refractivity contribution in [3.8, 4) is 0 Å². The maximum Gasteiger partial charge on any atom is 0.129 e. The zero-order chi connectivity index (χ0) is 12.8. The van der Waals surface area contributed by atoms with Crippen molar-refractivity contribution in [1.29, 1.82) is 0 Å². The summed E-state index contributed by atoms with van der Waals surface area (Å²) in [5.41, 5.74) is 0.634. The average molecular weight is 250 g/mol. The average Bonchev–Trinajstić information content (AvgIpc) is 2.40. The van der Waals surface area contributed by atoms with Crippen LogP contribution in [0.3, 0.4) is 0 Å². The van der Waals surface area contributed by atoms with Crippen molar-refractivity contribution in [3.05, 3.63) is 48.3 Å². The number of ether oxygens (including phenoxy) is 2. The van der Waals surface area contributed by atoms with Gasteiger partial charge in [0.15, 0.2) is 0 Å². The molecule has 1 heterocycles. The smallest absolute Gasteiger partial charge is 0.129 e. The molecule has 2 atom stereocenters. The van der Waals surface area contributed by atoms with E-state index in [2.05, 4.69) is 6.58 Å². The first-order valence-electron chi connectivity index (χ1n) is 6.40. The van der Waals surface area contributed by atoms with Crippen LogP contribution in [0, 0.1) is 5.82 Å². The molecule has 1 aliphatic rings. The lowest BCUT2D eigenvalue weighted by Crippen LogP contribution is -2.27. The summed E-state index contributed by atoms with van der Waals surface area (Å²) in [6, 6.07) is 6.79. The molecule has 0 bridgehead atoms. The zero-order valence-corrected chi connectivity index (χ0v) is 10.5. The summed E-state index contributed by atoms with van der Waals surface area (Å²) >= 11 is 0. The normalized spacial score (nSPS) is 23.8. The van der Waals surface area contributed by atoms with Gasteiger partial charge in [-0.25, -0.2) is 4.39 Å². The fourth-order valence-electron chi connectivity index (χ4n) is 2.19. The molecule has 0 saturated carbocycles. The molecule has 1 fully saturated rings. The van der Waals surface area contributed by atoms with Crippen LogP contribution in [-0.4, -0.2) is 19.3 Å². The molecular formula is C15H19FO2. The minimum absolute atomic E-state index is 0.156. The standard InChI is InChI=1S/C15H19FO2/c1-2-3-9-17-12-8-10-18-15(11-12)13-6-4-5-7-14(13)16/h2,4-7,12,15H,1,3,8-11H2. The molecule has 0 spiro atoms. The van der Waals surface area contributed by atoms with Crippen LogP contribution in [0.15, 0.2) is 36.9 Å². The van der Waals surface area contributed by atoms with E-state index in [1.165, 1.54) is 6.07 Å². The van der Waals surface area contributed by atoms with E-state index in [0.29, 0.717) is 18.8 Å². The fourth-order valence-corrected chi connectivity index (χ4v) is 2.19. The van der Waals surface area contributed by atoms with E-state index in [1.54, 1.807) is 12.1 Å². The van der Waals surface area contributed by atoms with E-state index in [9.17, 15) is 4.39 Å². The van der Waals surface area contributed by atoms with Gasteiger partial charge in [0, 0.05) is 18.6 Å². The molecule has 2 unspecified atom stereocenters. The van der Waals surface area contributed by atoms with Crippen LogP contribution >= 0.6 is 0 Å². The number of halogens is 1. The Morgan fingerprint density at radius 1 is 1.44 bits per heavy atom. The first-order chi connectivity index (χ1) is 8.81. The largest absolute Gasteiger partial charge is 0.378 e. The van der Waals surface area contributed by atoms with Gasteiger partial charge < -0.3 is 9.47 Å². The molecular weight excluding hydrogens is 231 g/mol. The Balaban J connectivity index is 1.94. The van der Waals surface area contributed by atoms with Crippen molar-refractivity contribution < 1.29 is 13.9 Å². The van der Waals surface area contributed by atoms with Crippen LogP contribution in [0.5, 0.6) is 0 Å². The molecule has 1 aliphatic heterocycles. The lowest BCUT2D eigenvalue weighted by Gasteiger charge is -2.30. The van der Waals surface area contributed by atoms with Gasteiger partial charge in [0.1, 0.15) is 5.82 Å². The first-order valence-corrected chi connectivity index (χ1v) is 6.40. The second-order valence-corrected chi connectivity index (χ2v) is 4.48. The maximum atomic E-state index is 13.7. The van der Waals surface area contributed by atoms with Crippen molar-refractivity contribution in [2.45, 2.75) is 31.5 Å².